The number of nitrogens with one attached hydrogen (secondary N) is 1. The van der Waals surface area contributed by atoms with Gasteiger partial charge in [-0.3, -0.25) is 0 Å². The maximum absolute atomic E-state index is 12.7. The van der Waals surface area contributed by atoms with Gasteiger partial charge in [-0.2, -0.15) is 8.78 Å². The Labute approximate surface area is 125 Å². The van der Waals surface area contributed by atoms with Crippen LogP contribution in [0.15, 0.2) is 29.2 Å². The van der Waals surface area contributed by atoms with Gasteiger partial charge >= 0.3 is 5.76 Å². The highest BCUT2D eigenvalue weighted by Gasteiger charge is 2.28. The number of hydrogen-bond donors (Lipinski definition) is 1. The summed E-state index contributed by atoms with van der Waals surface area (Å²) in [5.41, 5.74) is 1.02. The second kappa shape index (κ2) is 6.07. The summed E-state index contributed by atoms with van der Waals surface area (Å²) in [4.78, 5) is 4.81. The second-order valence-corrected chi connectivity index (χ2v) is 7.57. The minimum absolute atomic E-state index is 0.170. The molecule has 8 heteroatoms. The van der Waals surface area contributed by atoms with Crippen molar-refractivity contribution < 1.29 is 17.2 Å². The lowest BCUT2D eigenvalue weighted by Crippen LogP contribution is -2.14. The summed E-state index contributed by atoms with van der Waals surface area (Å²) < 4.78 is 48.6. The number of anilines is 1. The van der Waals surface area contributed by atoms with E-state index in [1.165, 1.54) is 29.5 Å². The minimum Gasteiger partial charge on any atom is -0.379 e. The molecule has 21 heavy (non-hydrogen) atoms. The predicted molar refractivity (Wildman–Crippen MR) is 78.5 cm³/mol. The fraction of sp³-hybridized carbons (Fsp3) is 0.308. The molecule has 0 fully saturated rings. The number of hydrogen-bond acceptors (Lipinski definition) is 5. The number of nitrogens with zero attached hydrogens (tertiary/aromatic N) is 1. The van der Waals surface area contributed by atoms with Crippen molar-refractivity contribution in [2.75, 3.05) is 5.32 Å². The first-order chi connectivity index (χ1) is 9.82. The van der Waals surface area contributed by atoms with Crippen LogP contribution in [0.2, 0.25) is 0 Å². The standard InChI is InChI=1S/C13H14F2N2O2S2/c1-8-11(20-9(2)17-8)7-16-10-5-3-4-6-12(10)21(18,19)13(14)15/h3-6,13,16H,7H2,1-2H3. The van der Waals surface area contributed by atoms with Crippen LogP contribution in [0.1, 0.15) is 15.6 Å². The Morgan fingerprint density at radius 2 is 1.95 bits per heavy atom. The van der Waals surface area contributed by atoms with Crippen LogP contribution in [0.3, 0.4) is 0 Å². The summed E-state index contributed by atoms with van der Waals surface area (Å²) >= 11 is 1.48. The lowest BCUT2D eigenvalue weighted by atomic mass is 10.3. The molecule has 4 nitrogen and oxygen atoms in total. The van der Waals surface area contributed by atoms with E-state index in [9.17, 15) is 17.2 Å². The zero-order chi connectivity index (χ0) is 15.6. The minimum atomic E-state index is -4.62. The van der Waals surface area contributed by atoms with Crippen LogP contribution in [0.5, 0.6) is 0 Å². The van der Waals surface area contributed by atoms with Gasteiger partial charge < -0.3 is 5.32 Å². The third kappa shape index (κ3) is 3.38. The monoisotopic (exact) mass is 332 g/mol. The maximum atomic E-state index is 12.7. The highest BCUT2D eigenvalue weighted by Crippen LogP contribution is 2.27. The Bertz CT molecular complexity index is 742. The SMILES string of the molecule is Cc1nc(C)c(CNc2ccccc2S(=O)(=O)C(F)F)s1. The molecule has 1 aromatic carbocycles. The molecule has 0 saturated carbocycles. The fourth-order valence-corrected chi connectivity index (χ4v) is 3.65. The van der Waals surface area contributed by atoms with Crippen molar-refractivity contribution in [3.05, 3.63) is 39.8 Å². The van der Waals surface area contributed by atoms with Gasteiger partial charge in [0.05, 0.1) is 27.8 Å². The molecule has 0 unspecified atom stereocenters. The van der Waals surface area contributed by atoms with Crippen molar-refractivity contribution in [1.82, 2.24) is 4.98 Å². The van der Waals surface area contributed by atoms with Crippen molar-refractivity contribution in [3.63, 3.8) is 0 Å². The zero-order valence-electron chi connectivity index (χ0n) is 11.4. The first-order valence-electron chi connectivity index (χ1n) is 6.10. The maximum Gasteiger partial charge on any atom is 0.341 e. The van der Waals surface area contributed by atoms with E-state index in [-0.39, 0.29) is 10.6 Å². The first kappa shape index (κ1) is 15.8. The highest BCUT2D eigenvalue weighted by atomic mass is 32.2. The second-order valence-electron chi connectivity index (χ2n) is 4.40. The summed E-state index contributed by atoms with van der Waals surface area (Å²) in [6, 6.07) is 5.66. The summed E-state index contributed by atoms with van der Waals surface area (Å²) in [5, 5.41) is 3.80. The largest absolute Gasteiger partial charge is 0.379 e. The molecule has 2 aromatic rings. The molecule has 114 valence electrons. The van der Waals surface area contributed by atoms with Crippen LogP contribution in [-0.4, -0.2) is 19.2 Å². The first-order valence-corrected chi connectivity index (χ1v) is 8.46. The van der Waals surface area contributed by atoms with Crippen LogP contribution >= 0.6 is 11.3 Å². The predicted octanol–water partition coefficient (Wildman–Crippen LogP) is 3.37. The lowest BCUT2D eigenvalue weighted by Gasteiger charge is -2.11. The molecular formula is C13H14F2N2O2S2. The van der Waals surface area contributed by atoms with Gasteiger partial charge in [0, 0.05) is 4.88 Å². The molecule has 0 bridgehead atoms. The van der Waals surface area contributed by atoms with Crippen molar-refractivity contribution in [2.45, 2.75) is 31.0 Å². The Morgan fingerprint density at radius 3 is 2.52 bits per heavy atom. The van der Waals surface area contributed by atoms with E-state index in [0.29, 0.717) is 6.54 Å². The molecule has 0 aliphatic rings. The number of rotatable bonds is 5. The molecule has 0 amide bonds. The smallest absolute Gasteiger partial charge is 0.341 e. The summed E-state index contributed by atoms with van der Waals surface area (Å²) in [6.45, 7) is 4.06. The molecule has 1 N–H and O–H groups in total. The third-order valence-corrected chi connectivity index (χ3v) is 5.38. The van der Waals surface area contributed by atoms with Crippen LogP contribution in [0.25, 0.3) is 0 Å². The number of benzene rings is 1. The normalized spacial score (nSPS) is 11.9. The van der Waals surface area contributed by atoms with Crippen LogP contribution in [-0.2, 0) is 16.4 Å². The van der Waals surface area contributed by atoms with Crippen LogP contribution in [0.4, 0.5) is 14.5 Å². The summed E-state index contributed by atoms with van der Waals surface area (Å²) in [6.07, 6.45) is 0. The number of halogens is 2. The topological polar surface area (TPSA) is 59.1 Å². The van der Waals surface area contributed by atoms with E-state index in [0.717, 1.165) is 15.6 Å². The summed E-state index contributed by atoms with van der Waals surface area (Å²) in [7, 11) is -4.62. The average molecular weight is 332 g/mol. The van der Waals surface area contributed by atoms with E-state index < -0.39 is 15.6 Å². The Hall–Kier alpha value is -1.54. The molecule has 1 heterocycles. The molecule has 0 spiro atoms. The molecule has 0 aliphatic carbocycles. The number of alkyl halides is 2. The molecule has 1 aromatic heterocycles. The van der Waals surface area contributed by atoms with Crippen molar-refractivity contribution in [1.29, 1.82) is 0 Å². The number of sulfone groups is 1. The van der Waals surface area contributed by atoms with Gasteiger partial charge in [0.25, 0.3) is 0 Å². The molecule has 0 aliphatic heterocycles. The fourth-order valence-electron chi connectivity index (χ4n) is 1.87. The van der Waals surface area contributed by atoms with Gasteiger partial charge in [-0.1, -0.05) is 12.1 Å². The zero-order valence-corrected chi connectivity index (χ0v) is 13.1. The lowest BCUT2D eigenvalue weighted by molar-refractivity contribution is 0.235. The van der Waals surface area contributed by atoms with Gasteiger partial charge in [0.15, 0.2) is 0 Å². The van der Waals surface area contributed by atoms with E-state index in [1.807, 2.05) is 13.8 Å². The van der Waals surface area contributed by atoms with Crippen molar-refractivity contribution in [2.24, 2.45) is 0 Å². The summed E-state index contributed by atoms with van der Waals surface area (Å²) in [5.74, 6) is -3.44. The Morgan fingerprint density at radius 1 is 1.29 bits per heavy atom. The molecule has 2 rings (SSSR count). The molecule has 0 radical (unpaired) electrons. The van der Waals surface area contributed by atoms with E-state index in [4.69, 9.17) is 0 Å². The van der Waals surface area contributed by atoms with Crippen LogP contribution in [0, 0.1) is 13.8 Å². The molecule has 0 saturated heterocycles. The number of thiazole rings is 1. The van der Waals surface area contributed by atoms with Gasteiger partial charge in [-0.05, 0) is 26.0 Å². The number of aromatic nitrogens is 1. The average Bonchev–Trinajstić information content (AvgIpc) is 2.74. The van der Waals surface area contributed by atoms with Crippen molar-refractivity contribution in [3.8, 4) is 0 Å². The van der Waals surface area contributed by atoms with Crippen molar-refractivity contribution >= 4 is 26.9 Å². The Kier molecular flexibility index (Phi) is 4.58. The number of para-hydroxylation sites is 1. The van der Waals surface area contributed by atoms with E-state index in [2.05, 4.69) is 10.3 Å². The van der Waals surface area contributed by atoms with Crippen LogP contribution < -0.4 is 5.32 Å². The highest BCUT2D eigenvalue weighted by molar-refractivity contribution is 7.91. The molecule has 0 atom stereocenters. The van der Waals surface area contributed by atoms with E-state index in [1.54, 1.807) is 6.07 Å². The third-order valence-electron chi connectivity index (χ3n) is 2.87. The van der Waals surface area contributed by atoms with Gasteiger partial charge in [-0.15, -0.1) is 11.3 Å². The molecular weight excluding hydrogens is 318 g/mol. The van der Waals surface area contributed by atoms with Gasteiger partial charge in [0.2, 0.25) is 9.84 Å². The van der Waals surface area contributed by atoms with Gasteiger partial charge in [0.1, 0.15) is 0 Å². The number of aryl methyl sites for hydroxylation is 2. The van der Waals surface area contributed by atoms with Gasteiger partial charge in [-0.25, -0.2) is 13.4 Å². The Balaban J connectivity index is 2.28. The van der Waals surface area contributed by atoms with E-state index >= 15 is 0 Å². The quantitative estimate of drug-likeness (QED) is 0.912.